The van der Waals surface area contributed by atoms with E-state index in [4.69, 9.17) is 4.42 Å². The topological polar surface area (TPSA) is 88.3 Å². The number of likely N-dealkylation sites (tertiary alicyclic amines) is 1. The van der Waals surface area contributed by atoms with E-state index in [1.54, 1.807) is 28.5 Å². The number of anilines is 1. The number of aromatic nitrogens is 2. The van der Waals surface area contributed by atoms with Crippen LogP contribution in [0.3, 0.4) is 0 Å². The number of oxazole rings is 1. The lowest BCUT2D eigenvalue weighted by Gasteiger charge is -2.32. The molecule has 0 unspecified atom stereocenters. The van der Waals surface area contributed by atoms with Crippen LogP contribution in [0.15, 0.2) is 40.3 Å². The Morgan fingerprint density at radius 2 is 2.17 bits per heavy atom. The fraction of sp³-hybridized carbons (Fsp3) is 0.364. The summed E-state index contributed by atoms with van der Waals surface area (Å²) in [4.78, 5) is 37.0. The molecule has 1 atom stereocenters. The smallest absolute Gasteiger partial charge is 0.236 e. The molecule has 0 aliphatic carbocycles. The van der Waals surface area contributed by atoms with Gasteiger partial charge in [-0.25, -0.2) is 9.97 Å². The van der Waals surface area contributed by atoms with Gasteiger partial charge in [-0.3, -0.25) is 9.59 Å². The summed E-state index contributed by atoms with van der Waals surface area (Å²) in [7, 11) is 0. The van der Waals surface area contributed by atoms with Crippen LogP contribution in [0.2, 0.25) is 0 Å². The average molecular weight is 425 g/mol. The molecule has 1 saturated heterocycles. The third kappa shape index (κ3) is 4.59. The highest BCUT2D eigenvalue weighted by Gasteiger charge is 2.29. The van der Waals surface area contributed by atoms with Gasteiger partial charge in [-0.15, -0.1) is 11.3 Å². The minimum Gasteiger partial charge on any atom is -0.440 e. The van der Waals surface area contributed by atoms with Crippen molar-refractivity contribution in [2.24, 2.45) is 5.92 Å². The Labute approximate surface area is 179 Å². The Morgan fingerprint density at radius 1 is 1.30 bits per heavy atom. The zero-order valence-corrected chi connectivity index (χ0v) is 17.9. The minimum absolute atomic E-state index is 0.0323. The summed E-state index contributed by atoms with van der Waals surface area (Å²) in [5, 5.41) is 4.82. The van der Waals surface area contributed by atoms with E-state index in [1.165, 1.54) is 0 Å². The van der Waals surface area contributed by atoms with Gasteiger partial charge in [0.15, 0.2) is 0 Å². The third-order valence-corrected chi connectivity index (χ3v) is 6.11. The summed E-state index contributed by atoms with van der Waals surface area (Å²) in [5.74, 6) is 1.37. The number of pyridine rings is 1. The molecule has 0 bridgehead atoms. The molecule has 8 heteroatoms. The molecule has 3 aromatic rings. The van der Waals surface area contributed by atoms with E-state index in [-0.39, 0.29) is 24.2 Å². The molecule has 1 aliphatic heterocycles. The van der Waals surface area contributed by atoms with Gasteiger partial charge >= 0.3 is 0 Å². The van der Waals surface area contributed by atoms with Crippen LogP contribution in [0.5, 0.6) is 0 Å². The molecule has 1 N–H and O–H groups in total. The van der Waals surface area contributed by atoms with Gasteiger partial charge < -0.3 is 14.6 Å². The van der Waals surface area contributed by atoms with Gasteiger partial charge in [-0.1, -0.05) is 12.1 Å². The standard InChI is InChI=1S/C22H24N4O3S/c1-14-7-8-19(23-12-14)25-21(28)16-5-3-9-26(13-16)20(27)11-17-15(2)29-22(24-17)18-6-4-10-30-18/h4,6-8,10,12,16H,3,5,9,11,13H2,1-2H3,(H,23,25,28)/t16-/m1/s1. The van der Waals surface area contributed by atoms with E-state index >= 15 is 0 Å². The zero-order chi connectivity index (χ0) is 21.1. The van der Waals surface area contributed by atoms with Crippen LogP contribution in [0.25, 0.3) is 10.8 Å². The molecule has 0 spiro atoms. The average Bonchev–Trinajstić information content (AvgIpc) is 3.40. The molecule has 3 aromatic heterocycles. The normalized spacial score (nSPS) is 16.5. The van der Waals surface area contributed by atoms with Crippen molar-refractivity contribution in [3.63, 3.8) is 0 Å². The summed E-state index contributed by atoms with van der Waals surface area (Å²) in [6.07, 6.45) is 3.45. The zero-order valence-electron chi connectivity index (χ0n) is 17.1. The van der Waals surface area contributed by atoms with Crippen LogP contribution < -0.4 is 5.32 Å². The van der Waals surface area contributed by atoms with Crippen molar-refractivity contribution in [1.82, 2.24) is 14.9 Å². The Balaban J connectivity index is 1.37. The Hall–Kier alpha value is -3.00. The second kappa shape index (κ2) is 8.79. The third-order valence-electron chi connectivity index (χ3n) is 5.25. The number of amides is 2. The van der Waals surface area contributed by atoms with Gasteiger partial charge in [-0.05, 0) is 49.8 Å². The predicted octanol–water partition coefficient (Wildman–Crippen LogP) is 3.83. The predicted molar refractivity (Wildman–Crippen MR) is 115 cm³/mol. The number of hydrogen-bond donors (Lipinski definition) is 1. The van der Waals surface area contributed by atoms with Gasteiger partial charge in [0.25, 0.3) is 0 Å². The molecule has 4 rings (SSSR count). The van der Waals surface area contributed by atoms with Gasteiger partial charge in [-0.2, -0.15) is 0 Å². The summed E-state index contributed by atoms with van der Waals surface area (Å²) in [6, 6.07) is 7.58. The van der Waals surface area contributed by atoms with Gasteiger partial charge in [0, 0.05) is 19.3 Å². The second-order valence-electron chi connectivity index (χ2n) is 7.56. The van der Waals surface area contributed by atoms with Crippen molar-refractivity contribution < 1.29 is 14.0 Å². The van der Waals surface area contributed by atoms with E-state index in [1.807, 2.05) is 37.4 Å². The first kappa shape index (κ1) is 20.3. The van der Waals surface area contributed by atoms with Crippen LogP contribution in [0, 0.1) is 19.8 Å². The summed E-state index contributed by atoms with van der Waals surface area (Å²) in [6.45, 7) is 4.84. The molecule has 7 nitrogen and oxygen atoms in total. The Kier molecular flexibility index (Phi) is 5.94. The van der Waals surface area contributed by atoms with Crippen molar-refractivity contribution >= 4 is 29.0 Å². The first-order chi connectivity index (χ1) is 14.5. The molecule has 2 amide bonds. The van der Waals surface area contributed by atoms with Gasteiger partial charge in [0.05, 0.1) is 22.9 Å². The first-order valence-corrected chi connectivity index (χ1v) is 10.9. The summed E-state index contributed by atoms with van der Waals surface area (Å²) in [5.41, 5.74) is 1.69. The quantitative estimate of drug-likeness (QED) is 0.672. The van der Waals surface area contributed by atoms with Crippen molar-refractivity contribution in [2.75, 3.05) is 18.4 Å². The first-order valence-electron chi connectivity index (χ1n) is 10.0. The molecule has 0 radical (unpaired) electrons. The van der Waals surface area contributed by atoms with E-state index in [9.17, 15) is 9.59 Å². The van der Waals surface area contributed by atoms with Crippen LogP contribution >= 0.6 is 11.3 Å². The maximum atomic E-state index is 12.9. The molecule has 0 aromatic carbocycles. The van der Waals surface area contributed by atoms with Crippen LogP contribution in [-0.4, -0.2) is 39.8 Å². The van der Waals surface area contributed by atoms with Gasteiger partial charge in [0.1, 0.15) is 11.6 Å². The molecule has 1 fully saturated rings. The maximum Gasteiger partial charge on any atom is 0.236 e. The monoisotopic (exact) mass is 424 g/mol. The highest BCUT2D eigenvalue weighted by molar-refractivity contribution is 7.13. The second-order valence-corrected chi connectivity index (χ2v) is 8.51. The van der Waals surface area contributed by atoms with Crippen molar-refractivity contribution in [3.05, 3.63) is 52.9 Å². The van der Waals surface area contributed by atoms with Crippen molar-refractivity contribution in [3.8, 4) is 10.8 Å². The summed E-state index contributed by atoms with van der Waals surface area (Å²) < 4.78 is 5.74. The number of piperidine rings is 1. The number of rotatable bonds is 5. The SMILES string of the molecule is Cc1ccc(NC(=O)[C@@H]2CCCN(C(=O)Cc3nc(-c4cccs4)oc3C)C2)nc1. The molecular formula is C22H24N4O3S. The lowest BCUT2D eigenvalue weighted by Crippen LogP contribution is -2.44. The number of nitrogens with one attached hydrogen (secondary N) is 1. The largest absolute Gasteiger partial charge is 0.440 e. The van der Waals surface area contributed by atoms with Crippen molar-refractivity contribution in [1.29, 1.82) is 0 Å². The molecule has 0 saturated carbocycles. The van der Waals surface area contributed by atoms with Crippen LogP contribution in [-0.2, 0) is 16.0 Å². The molecule has 30 heavy (non-hydrogen) atoms. The van der Waals surface area contributed by atoms with E-state index in [0.717, 1.165) is 23.3 Å². The van der Waals surface area contributed by atoms with Crippen LogP contribution in [0.4, 0.5) is 5.82 Å². The Bertz CT molecular complexity index is 1030. The number of carbonyl (C=O) groups excluding carboxylic acids is 2. The highest BCUT2D eigenvalue weighted by Crippen LogP contribution is 2.26. The maximum absolute atomic E-state index is 12.9. The van der Waals surface area contributed by atoms with Gasteiger partial charge in [0.2, 0.25) is 17.7 Å². The molecule has 156 valence electrons. The fourth-order valence-corrected chi connectivity index (χ4v) is 4.19. The van der Waals surface area contributed by atoms with E-state index in [0.29, 0.717) is 36.3 Å². The lowest BCUT2D eigenvalue weighted by molar-refractivity contribution is -0.134. The van der Waals surface area contributed by atoms with Crippen LogP contribution in [0.1, 0.15) is 29.9 Å². The van der Waals surface area contributed by atoms with E-state index in [2.05, 4.69) is 15.3 Å². The lowest BCUT2D eigenvalue weighted by atomic mass is 9.96. The number of aryl methyl sites for hydroxylation is 2. The number of thiophene rings is 1. The molecule has 4 heterocycles. The number of carbonyl (C=O) groups is 2. The van der Waals surface area contributed by atoms with Crippen molar-refractivity contribution in [2.45, 2.75) is 33.1 Å². The minimum atomic E-state index is -0.245. The number of nitrogens with zero attached hydrogens (tertiary/aromatic N) is 3. The fourth-order valence-electron chi connectivity index (χ4n) is 3.54. The molecular weight excluding hydrogens is 400 g/mol. The van der Waals surface area contributed by atoms with E-state index < -0.39 is 0 Å². The Morgan fingerprint density at radius 3 is 2.90 bits per heavy atom. The number of hydrogen-bond acceptors (Lipinski definition) is 6. The molecule has 1 aliphatic rings. The highest BCUT2D eigenvalue weighted by atomic mass is 32.1. The summed E-state index contributed by atoms with van der Waals surface area (Å²) >= 11 is 1.55.